The number of benzene rings is 2. The van der Waals surface area contributed by atoms with Gasteiger partial charge in [0.1, 0.15) is 0 Å². The number of nitrogens with one attached hydrogen (secondary N) is 1. The van der Waals surface area contributed by atoms with Gasteiger partial charge in [0.05, 0.1) is 11.0 Å². The molecule has 2 aromatic rings. The van der Waals surface area contributed by atoms with Gasteiger partial charge in [0.2, 0.25) is 0 Å². The van der Waals surface area contributed by atoms with Gasteiger partial charge < -0.3 is 10.1 Å². The molecule has 0 fully saturated rings. The summed E-state index contributed by atoms with van der Waals surface area (Å²) in [6, 6.07) is 16.4. The van der Waals surface area contributed by atoms with Crippen molar-refractivity contribution in [3.8, 4) is 0 Å². The number of nitrogens with zero attached hydrogens (tertiary/aromatic N) is 1. The van der Waals surface area contributed by atoms with E-state index in [1.54, 1.807) is 12.1 Å². The second kappa shape index (κ2) is 7.40. The van der Waals surface area contributed by atoms with Gasteiger partial charge in [-0.3, -0.25) is 10.1 Å². The summed E-state index contributed by atoms with van der Waals surface area (Å²) in [5.74, 6) is 0. The van der Waals surface area contributed by atoms with Crippen LogP contribution in [0.1, 0.15) is 18.6 Å². The van der Waals surface area contributed by atoms with Crippen molar-refractivity contribution in [2.75, 3.05) is 18.5 Å². The van der Waals surface area contributed by atoms with E-state index in [-0.39, 0.29) is 11.8 Å². The first-order valence-corrected chi connectivity index (χ1v) is 6.85. The smallest absolute Gasteiger partial charge is 0.269 e. The maximum atomic E-state index is 10.6. The lowest BCUT2D eigenvalue weighted by Crippen LogP contribution is -2.15. The van der Waals surface area contributed by atoms with Crippen LogP contribution in [0.4, 0.5) is 11.4 Å². The predicted molar refractivity (Wildman–Crippen MR) is 82.4 cm³/mol. The first-order chi connectivity index (χ1) is 10.2. The van der Waals surface area contributed by atoms with E-state index in [1.807, 2.05) is 37.3 Å². The molecule has 0 aliphatic heterocycles. The molecular weight excluding hydrogens is 268 g/mol. The second-order valence-electron chi connectivity index (χ2n) is 4.54. The minimum absolute atomic E-state index is 0.0496. The Morgan fingerprint density at radius 1 is 1.14 bits per heavy atom. The summed E-state index contributed by atoms with van der Waals surface area (Å²) in [6.07, 6.45) is -0.0496. The van der Waals surface area contributed by atoms with E-state index in [0.717, 1.165) is 11.3 Å². The number of nitro groups is 1. The van der Waals surface area contributed by atoms with Gasteiger partial charge in [-0.15, -0.1) is 0 Å². The van der Waals surface area contributed by atoms with Gasteiger partial charge in [-0.2, -0.15) is 0 Å². The maximum absolute atomic E-state index is 10.6. The zero-order valence-corrected chi connectivity index (χ0v) is 11.9. The van der Waals surface area contributed by atoms with Crippen LogP contribution in [0, 0.1) is 10.1 Å². The highest BCUT2D eigenvalue weighted by atomic mass is 16.6. The molecule has 0 spiro atoms. The first-order valence-electron chi connectivity index (χ1n) is 6.85. The van der Waals surface area contributed by atoms with Crippen molar-refractivity contribution in [1.82, 2.24) is 0 Å². The molecule has 2 aromatic carbocycles. The van der Waals surface area contributed by atoms with Crippen LogP contribution in [0.3, 0.4) is 0 Å². The second-order valence-corrected chi connectivity index (χ2v) is 4.54. The van der Waals surface area contributed by atoms with Gasteiger partial charge in [-0.1, -0.05) is 30.3 Å². The molecule has 110 valence electrons. The Labute approximate surface area is 123 Å². The Kier molecular flexibility index (Phi) is 5.29. The summed E-state index contributed by atoms with van der Waals surface area (Å²) in [5.41, 5.74) is 2.03. The van der Waals surface area contributed by atoms with Crippen molar-refractivity contribution >= 4 is 11.4 Å². The SMILES string of the molecule is CCOC(CNc1ccc([N+](=O)[O-])cc1)c1ccccc1. The van der Waals surface area contributed by atoms with Crippen molar-refractivity contribution in [3.63, 3.8) is 0 Å². The summed E-state index contributed by atoms with van der Waals surface area (Å²) in [7, 11) is 0. The maximum Gasteiger partial charge on any atom is 0.269 e. The van der Waals surface area contributed by atoms with Gasteiger partial charge >= 0.3 is 0 Å². The molecule has 0 aliphatic rings. The Bertz CT molecular complexity index is 570. The van der Waals surface area contributed by atoms with Crippen LogP contribution < -0.4 is 5.32 Å². The molecule has 1 atom stereocenters. The molecule has 0 radical (unpaired) electrons. The van der Waals surface area contributed by atoms with E-state index in [4.69, 9.17) is 4.74 Å². The third kappa shape index (κ3) is 4.29. The lowest BCUT2D eigenvalue weighted by atomic mass is 10.1. The Balaban J connectivity index is 2.00. The highest BCUT2D eigenvalue weighted by molar-refractivity contribution is 5.48. The van der Waals surface area contributed by atoms with E-state index in [9.17, 15) is 10.1 Å². The molecule has 0 aromatic heterocycles. The molecule has 0 aliphatic carbocycles. The third-order valence-electron chi connectivity index (χ3n) is 3.11. The Morgan fingerprint density at radius 3 is 2.38 bits per heavy atom. The minimum Gasteiger partial charge on any atom is -0.382 e. The fraction of sp³-hybridized carbons (Fsp3) is 0.250. The molecule has 0 heterocycles. The average Bonchev–Trinajstić information content (AvgIpc) is 2.52. The number of anilines is 1. The summed E-state index contributed by atoms with van der Waals surface area (Å²) in [5, 5.41) is 13.9. The molecule has 5 heteroatoms. The zero-order chi connectivity index (χ0) is 15.1. The fourth-order valence-corrected chi connectivity index (χ4v) is 2.05. The highest BCUT2D eigenvalue weighted by Crippen LogP contribution is 2.20. The normalized spacial score (nSPS) is 11.9. The lowest BCUT2D eigenvalue weighted by Gasteiger charge is -2.18. The van der Waals surface area contributed by atoms with E-state index in [0.29, 0.717) is 13.2 Å². The molecule has 0 amide bonds. The van der Waals surface area contributed by atoms with Gasteiger partial charge in [0, 0.05) is 31.0 Å². The average molecular weight is 286 g/mol. The molecule has 0 saturated heterocycles. The zero-order valence-electron chi connectivity index (χ0n) is 11.9. The molecular formula is C16H18N2O3. The van der Waals surface area contributed by atoms with Crippen molar-refractivity contribution in [3.05, 3.63) is 70.3 Å². The van der Waals surface area contributed by atoms with Crippen LogP contribution in [0.5, 0.6) is 0 Å². The Hall–Kier alpha value is -2.40. The Morgan fingerprint density at radius 2 is 1.81 bits per heavy atom. The summed E-state index contributed by atoms with van der Waals surface area (Å²) in [6.45, 7) is 3.19. The van der Waals surface area contributed by atoms with Crippen LogP contribution in [-0.2, 0) is 4.74 Å². The predicted octanol–water partition coefficient (Wildman–Crippen LogP) is 3.78. The number of rotatable bonds is 7. The van der Waals surface area contributed by atoms with Crippen LogP contribution in [-0.4, -0.2) is 18.1 Å². The number of non-ortho nitro benzene ring substituents is 1. The van der Waals surface area contributed by atoms with Crippen molar-refractivity contribution in [1.29, 1.82) is 0 Å². The largest absolute Gasteiger partial charge is 0.382 e. The minimum atomic E-state index is -0.406. The van der Waals surface area contributed by atoms with Crippen molar-refractivity contribution < 1.29 is 9.66 Å². The van der Waals surface area contributed by atoms with Gasteiger partial charge in [0.25, 0.3) is 5.69 Å². The number of ether oxygens (including phenoxy) is 1. The van der Waals surface area contributed by atoms with Crippen LogP contribution >= 0.6 is 0 Å². The quantitative estimate of drug-likeness (QED) is 0.621. The molecule has 21 heavy (non-hydrogen) atoms. The summed E-state index contributed by atoms with van der Waals surface area (Å²) < 4.78 is 5.74. The molecule has 2 rings (SSSR count). The van der Waals surface area contributed by atoms with E-state index < -0.39 is 4.92 Å². The molecule has 0 saturated carbocycles. The van der Waals surface area contributed by atoms with Crippen LogP contribution in [0.15, 0.2) is 54.6 Å². The number of hydrogen-bond donors (Lipinski definition) is 1. The standard InChI is InChI=1S/C16H18N2O3/c1-2-21-16(13-6-4-3-5-7-13)12-17-14-8-10-15(11-9-14)18(19)20/h3-11,16-17H,2,12H2,1H3. The fourth-order valence-electron chi connectivity index (χ4n) is 2.05. The van der Waals surface area contributed by atoms with Crippen LogP contribution in [0.2, 0.25) is 0 Å². The molecule has 1 unspecified atom stereocenters. The molecule has 5 nitrogen and oxygen atoms in total. The van der Waals surface area contributed by atoms with Gasteiger partial charge in [-0.25, -0.2) is 0 Å². The van der Waals surface area contributed by atoms with Crippen molar-refractivity contribution in [2.45, 2.75) is 13.0 Å². The number of nitro benzene ring substituents is 1. The van der Waals surface area contributed by atoms with E-state index >= 15 is 0 Å². The summed E-state index contributed by atoms with van der Waals surface area (Å²) in [4.78, 5) is 10.2. The van der Waals surface area contributed by atoms with Gasteiger partial charge in [-0.05, 0) is 24.6 Å². The molecule has 1 N–H and O–H groups in total. The third-order valence-corrected chi connectivity index (χ3v) is 3.11. The molecule has 0 bridgehead atoms. The van der Waals surface area contributed by atoms with E-state index in [2.05, 4.69) is 5.32 Å². The highest BCUT2D eigenvalue weighted by Gasteiger charge is 2.11. The summed E-state index contributed by atoms with van der Waals surface area (Å²) >= 11 is 0. The topological polar surface area (TPSA) is 64.4 Å². The lowest BCUT2D eigenvalue weighted by molar-refractivity contribution is -0.384. The van der Waals surface area contributed by atoms with Gasteiger partial charge in [0.15, 0.2) is 0 Å². The van der Waals surface area contributed by atoms with Crippen molar-refractivity contribution in [2.24, 2.45) is 0 Å². The first kappa shape index (κ1) is 15.0. The van der Waals surface area contributed by atoms with E-state index in [1.165, 1.54) is 12.1 Å². The monoisotopic (exact) mass is 286 g/mol. The van der Waals surface area contributed by atoms with Crippen LogP contribution in [0.25, 0.3) is 0 Å². The number of hydrogen-bond acceptors (Lipinski definition) is 4.